The molecule has 0 aliphatic rings. The lowest BCUT2D eigenvalue weighted by Crippen LogP contribution is -2.31. The zero-order valence-corrected chi connectivity index (χ0v) is 18.5. The van der Waals surface area contributed by atoms with E-state index in [-0.39, 0.29) is 12.1 Å². The summed E-state index contributed by atoms with van der Waals surface area (Å²) in [6.07, 6.45) is 1.75. The van der Waals surface area contributed by atoms with Crippen LogP contribution in [0.5, 0.6) is 0 Å². The monoisotopic (exact) mass is 466 g/mol. The molecule has 0 saturated carbocycles. The number of carbonyl (C=O) groups excluding carboxylic acids is 1. The maximum atomic E-state index is 12.9. The second-order valence-corrected chi connectivity index (χ2v) is 8.28. The van der Waals surface area contributed by atoms with Crippen LogP contribution in [0.2, 0.25) is 5.02 Å². The molecule has 4 rings (SSSR count). The molecule has 0 aliphatic heterocycles. The fourth-order valence-electron chi connectivity index (χ4n) is 3.27. The molecule has 0 fully saturated rings. The molecule has 0 unspecified atom stereocenters. The molecule has 2 N–H and O–H groups in total. The molecule has 2 aromatic carbocycles. The number of amides is 1. The minimum Gasteiger partial charge on any atom is -0.368 e. The van der Waals surface area contributed by atoms with Gasteiger partial charge in [0, 0.05) is 17.1 Å². The van der Waals surface area contributed by atoms with Crippen LogP contribution in [-0.2, 0) is 23.6 Å². The normalized spacial score (nSPS) is 11.0. The van der Waals surface area contributed by atoms with Crippen molar-refractivity contribution >= 4 is 40.2 Å². The highest BCUT2D eigenvalue weighted by atomic mass is 35.5. The molecule has 32 heavy (non-hydrogen) atoms. The number of benzene rings is 2. The predicted octanol–water partition coefficient (Wildman–Crippen LogP) is 3.27. The summed E-state index contributed by atoms with van der Waals surface area (Å²) in [6, 6.07) is 14.3. The molecule has 0 radical (unpaired) electrons. The van der Waals surface area contributed by atoms with Crippen molar-refractivity contribution in [1.82, 2.24) is 24.3 Å². The Hall–Kier alpha value is -3.43. The van der Waals surface area contributed by atoms with Crippen LogP contribution < -0.4 is 11.3 Å². The highest BCUT2D eigenvalue weighted by molar-refractivity contribution is 7.98. The van der Waals surface area contributed by atoms with Gasteiger partial charge in [-0.3, -0.25) is 18.7 Å². The van der Waals surface area contributed by atoms with Crippen LogP contribution in [0.15, 0.2) is 71.1 Å². The number of carbonyl (C=O) groups is 1. The molecule has 0 spiro atoms. The van der Waals surface area contributed by atoms with Crippen molar-refractivity contribution in [2.45, 2.75) is 24.0 Å². The van der Waals surface area contributed by atoms with Gasteiger partial charge in [0.2, 0.25) is 5.91 Å². The van der Waals surface area contributed by atoms with E-state index < -0.39 is 5.91 Å². The number of allylic oxidation sites excluding steroid dienone is 1. The van der Waals surface area contributed by atoms with Crippen LogP contribution in [0, 0.1) is 0 Å². The van der Waals surface area contributed by atoms with Crippen molar-refractivity contribution in [3.63, 3.8) is 0 Å². The molecular weight excluding hydrogens is 448 g/mol. The Kier molecular flexibility index (Phi) is 6.38. The Labute approximate surface area is 192 Å². The maximum absolute atomic E-state index is 12.9. The first-order valence-corrected chi connectivity index (χ1v) is 11.0. The van der Waals surface area contributed by atoms with Crippen molar-refractivity contribution in [2.75, 3.05) is 0 Å². The number of hydrogen-bond donors (Lipinski definition) is 1. The van der Waals surface area contributed by atoms with E-state index in [2.05, 4.69) is 21.8 Å². The summed E-state index contributed by atoms with van der Waals surface area (Å²) in [5.74, 6) is 0.780. The van der Waals surface area contributed by atoms with Gasteiger partial charge in [-0.05, 0) is 36.4 Å². The third-order valence-corrected chi connectivity index (χ3v) is 5.93. The highest BCUT2D eigenvalue weighted by Crippen LogP contribution is 2.27. The fourth-order valence-corrected chi connectivity index (χ4v) is 4.29. The molecule has 4 aromatic rings. The number of aromatic nitrogens is 5. The third kappa shape index (κ3) is 4.44. The fraction of sp³-hybridized carbons (Fsp3) is 0.136. The topological polar surface area (TPSA) is 109 Å². The zero-order chi connectivity index (χ0) is 22.7. The molecule has 162 valence electrons. The first-order valence-electron chi connectivity index (χ1n) is 9.67. The first-order chi connectivity index (χ1) is 15.5. The quantitative estimate of drug-likeness (QED) is 0.315. The Morgan fingerprint density at radius 2 is 1.88 bits per heavy atom. The number of primary amides is 1. The van der Waals surface area contributed by atoms with Crippen molar-refractivity contribution in [3.8, 4) is 11.4 Å². The van der Waals surface area contributed by atoms with Gasteiger partial charge in [0.25, 0.3) is 5.56 Å². The Morgan fingerprint density at radius 3 is 2.59 bits per heavy atom. The number of nitrogens with two attached hydrogens (primary N) is 1. The lowest BCUT2D eigenvalue weighted by atomic mass is 10.2. The second-order valence-electron chi connectivity index (χ2n) is 6.90. The van der Waals surface area contributed by atoms with Gasteiger partial charge >= 0.3 is 0 Å². The van der Waals surface area contributed by atoms with Gasteiger partial charge in [-0.1, -0.05) is 41.6 Å². The van der Waals surface area contributed by atoms with Crippen molar-refractivity contribution in [3.05, 3.63) is 82.4 Å². The number of para-hydroxylation sites is 1. The van der Waals surface area contributed by atoms with Crippen LogP contribution in [0.1, 0.15) is 5.82 Å². The largest absolute Gasteiger partial charge is 0.368 e. The van der Waals surface area contributed by atoms with E-state index in [4.69, 9.17) is 17.3 Å². The summed E-state index contributed by atoms with van der Waals surface area (Å²) in [6.45, 7) is 4.06. The number of hydrogen-bond acceptors (Lipinski definition) is 6. The van der Waals surface area contributed by atoms with E-state index in [0.29, 0.717) is 45.0 Å². The average Bonchev–Trinajstić information content (AvgIpc) is 3.17. The Morgan fingerprint density at radius 1 is 1.12 bits per heavy atom. The van der Waals surface area contributed by atoms with Crippen LogP contribution >= 0.6 is 23.4 Å². The van der Waals surface area contributed by atoms with Crippen LogP contribution in [0.4, 0.5) is 0 Å². The predicted molar refractivity (Wildman–Crippen MR) is 125 cm³/mol. The van der Waals surface area contributed by atoms with E-state index in [1.54, 1.807) is 36.4 Å². The second kappa shape index (κ2) is 9.37. The van der Waals surface area contributed by atoms with E-state index in [1.807, 2.05) is 22.8 Å². The highest BCUT2D eigenvalue weighted by Gasteiger charge is 2.17. The van der Waals surface area contributed by atoms with Crippen LogP contribution in [-0.4, -0.2) is 30.2 Å². The van der Waals surface area contributed by atoms with Gasteiger partial charge in [0.15, 0.2) is 11.0 Å². The van der Waals surface area contributed by atoms with Gasteiger partial charge in [-0.2, -0.15) is 0 Å². The number of rotatable bonds is 8. The van der Waals surface area contributed by atoms with E-state index in [9.17, 15) is 9.59 Å². The number of thioether (sulfide) groups is 1. The Bertz CT molecular complexity index is 1360. The lowest BCUT2D eigenvalue weighted by molar-refractivity contribution is -0.118. The summed E-state index contributed by atoms with van der Waals surface area (Å²) < 4.78 is 3.23. The third-order valence-electron chi connectivity index (χ3n) is 4.72. The minimum absolute atomic E-state index is 0.248. The van der Waals surface area contributed by atoms with Gasteiger partial charge in [-0.15, -0.1) is 16.8 Å². The zero-order valence-electron chi connectivity index (χ0n) is 16.9. The number of halogens is 1. The minimum atomic E-state index is -0.615. The van der Waals surface area contributed by atoms with Gasteiger partial charge in [-0.25, -0.2) is 4.98 Å². The lowest BCUT2D eigenvalue weighted by Gasteiger charge is -2.12. The molecule has 0 saturated heterocycles. The average molecular weight is 467 g/mol. The summed E-state index contributed by atoms with van der Waals surface area (Å²) >= 11 is 7.36. The number of nitrogens with zero attached hydrogens (tertiary/aromatic N) is 5. The molecular formula is C22H19ClN6O2S. The van der Waals surface area contributed by atoms with Gasteiger partial charge in [0.05, 0.1) is 16.7 Å². The van der Waals surface area contributed by atoms with Gasteiger partial charge < -0.3 is 5.73 Å². The SMILES string of the molecule is C=CCn1c(SCc2nc3ccccc3c(=O)n2CC(N)=O)nnc1-c1ccc(Cl)cc1. The standard InChI is InChI=1S/C22H19ClN6O2S/c1-2-11-28-20(14-7-9-15(23)10-8-14)26-27-22(28)32-13-19-25-17-6-4-3-5-16(17)21(31)29(19)12-18(24)30/h2-10H,1,11-13H2,(H2,24,30). The van der Waals surface area contributed by atoms with Crippen molar-refractivity contribution in [2.24, 2.45) is 5.73 Å². The molecule has 0 aliphatic carbocycles. The summed E-state index contributed by atoms with van der Waals surface area (Å²) in [7, 11) is 0. The summed E-state index contributed by atoms with van der Waals surface area (Å²) in [5.41, 5.74) is 6.49. The first kappa shape index (κ1) is 21.8. The van der Waals surface area contributed by atoms with Crippen LogP contribution in [0.25, 0.3) is 22.3 Å². The smallest absolute Gasteiger partial charge is 0.261 e. The Balaban J connectivity index is 1.70. The summed E-state index contributed by atoms with van der Waals surface area (Å²) in [4.78, 5) is 29.1. The molecule has 2 heterocycles. The van der Waals surface area contributed by atoms with Crippen LogP contribution in [0.3, 0.4) is 0 Å². The molecule has 10 heteroatoms. The molecule has 0 atom stereocenters. The molecule has 0 bridgehead atoms. The molecule has 2 aromatic heterocycles. The van der Waals surface area contributed by atoms with Gasteiger partial charge in [0.1, 0.15) is 12.4 Å². The van der Waals surface area contributed by atoms with Crippen molar-refractivity contribution in [1.29, 1.82) is 0 Å². The van der Waals surface area contributed by atoms with E-state index >= 15 is 0 Å². The maximum Gasteiger partial charge on any atom is 0.261 e. The van der Waals surface area contributed by atoms with E-state index in [0.717, 1.165) is 5.56 Å². The molecule has 8 nitrogen and oxygen atoms in total. The number of fused-ring (bicyclic) bond motifs is 1. The van der Waals surface area contributed by atoms with E-state index in [1.165, 1.54) is 16.3 Å². The summed E-state index contributed by atoms with van der Waals surface area (Å²) in [5, 5.41) is 10.3. The molecule has 1 amide bonds. The van der Waals surface area contributed by atoms with Crippen molar-refractivity contribution < 1.29 is 4.79 Å².